The van der Waals surface area contributed by atoms with Gasteiger partial charge in [0, 0.05) is 18.4 Å². The molecule has 1 aliphatic rings. The SMILES string of the molecule is COCC1=C[C@@](C)(c2cc(N)ccc2F)N=C(N)O1. The molecule has 0 saturated carbocycles. The number of hydrogen-bond acceptors (Lipinski definition) is 5. The Hall–Kier alpha value is -2.08. The molecule has 1 aliphatic heterocycles. The van der Waals surface area contributed by atoms with E-state index in [0.29, 0.717) is 17.0 Å². The highest BCUT2D eigenvalue weighted by Gasteiger charge is 2.32. The molecule has 0 saturated heterocycles. The van der Waals surface area contributed by atoms with Crippen molar-refractivity contribution < 1.29 is 13.9 Å². The first kappa shape index (κ1) is 13.4. The molecule has 0 bridgehead atoms. The lowest BCUT2D eigenvalue weighted by atomic mass is 9.90. The third-order valence-corrected chi connectivity index (χ3v) is 2.84. The van der Waals surface area contributed by atoms with Gasteiger partial charge in [-0.15, -0.1) is 0 Å². The summed E-state index contributed by atoms with van der Waals surface area (Å²) in [7, 11) is 1.53. The Balaban J connectivity index is 2.50. The molecule has 1 aromatic carbocycles. The molecule has 0 amide bonds. The van der Waals surface area contributed by atoms with E-state index in [-0.39, 0.29) is 12.6 Å². The number of methoxy groups -OCH3 is 1. The second kappa shape index (κ2) is 4.89. The van der Waals surface area contributed by atoms with Gasteiger partial charge in [-0.25, -0.2) is 9.38 Å². The van der Waals surface area contributed by atoms with Gasteiger partial charge in [0.2, 0.25) is 0 Å². The van der Waals surface area contributed by atoms with Gasteiger partial charge in [-0.3, -0.25) is 0 Å². The van der Waals surface area contributed by atoms with Gasteiger partial charge in [0.1, 0.15) is 23.7 Å². The van der Waals surface area contributed by atoms with Crippen molar-refractivity contribution >= 4 is 11.7 Å². The third kappa shape index (κ3) is 2.68. The maximum Gasteiger partial charge on any atom is 0.288 e. The molecular weight excluding hydrogens is 249 g/mol. The van der Waals surface area contributed by atoms with Crippen LogP contribution in [-0.4, -0.2) is 19.7 Å². The summed E-state index contributed by atoms with van der Waals surface area (Å²) < 4.78 is 24.2. The van der Waals surface area contributed by atoms with E-state index in [1.54, 1.807) is 19.1 Å². The highest BCUT2D eigenvalue weighted by atomic mass is 19.1. The van der Waals surface area contributed by atoms with E-state index in [1.807, 2.05) is 0 Å². The largest absolute Gasteiger partial charge is 0.429 e. The lowest BCUT2D eigenvalue weighted by Crippen LogP contribution is -2.31. The summed E-state index contributed by atoms with van der Waals surface area (Å²) >= 11 is 0. The summed E-state index contributed by atoms with van der Waals surface area (Å²) in [6, 6.07) is 4.31. The number of hydrogen-bond donors (Lipinski definition) is 2. The first-order chi connectivity index (χ1) is 8.94. The number of rotatable bonds is 3. The maximum atomic E-state index is 14.0. The average Bonchev–Trinajstić information content (AvgIpc) is 2.31. The standard InChI is InChI=1S/C13H16FN3O2/c1-13(10-5-8(15)3-4-11(10)14)6-9(7-18-2)19-12(16)17-13/h3-6H,7,15H2,1-2H3,(H2,16,17)/t13-/m0/s1. The second-order valence-electron chi connectivity index (χ2n) is 4.48. The van der Waals surface area contributed by atoms with E-state index >= 15 is 0 Å². The highest BCUT2D eigenvalue weighted by molar-refractivity contribution is 5.75. The molecule has 4 N–H and O–H groups in total. The molecule has 0 spiro atoms. The number of aliphatic imine (C=N–C) groups is 1. The van der Waals surface area contributed by atoms with Gasteiger partial charge >= 0.3 is 0 Å². The van der Waals surface area contributed by atoms with Crippen LogP contribution < -0.4 is 11.5 Å². The number of halogens is 1. The minimum atomic E-state index is -0.963. The van der Waals surface area contributed by atoms with E-state index in [1.165, 1.54) is 19.2 Å². The van der Waals surface area contributed by atoms with Crippen LogP contribution in [0.25, 0.3) is 0 Å². The zero-order valence-electron chi connectivity index (χ0n) is 10.8. The fourth-order valence-electron chi connectivity index (χ4n) is 2.04. The summed E-state index contributed by atoms with van der Waals surface area (Å²) in [6.45, 7) is 1.96. The van der Waals surface area contributed by atoms with Crippen molar-refractivity contribution in [3.8, 4) is 0 Å². The van der Waals surface area contributed by atoms with Crippen molar-refractivity contribution in [2.45, 2.75) is 12.5 Å². The third-order valence-electron chi connectivity index (χ3n) is 2.84. The van der Waals surface area contributed by atoms with Crippen LogP contribution in [0.15, 0.2) is 35.0 Å². The molecular formula is C13H16FN3O2. The van der Waals surface area contributed by atoms with Crippen LogP contribution in [0.4, 0.5) is 10.1 Å². The van der Waals surface area contributed by atoms with Crippen molar-refractivity contribution in [2.75, 3.05) is 19.5 Å². The number of nitrogens with two attached hydrogens (primary N) is 2. The number of amidine groups is 1. The molecule has 1 aromatic rings. The van der Waals surface area contributed by atoms with Gasteiger partial charge < -0.3 is 20.9 Å². The molecule has 19 heavy (non-hydrogen) atoms. The minimum Gasteiger partial charge on any atom is -0.429 e. The Morgan fingerprint density at radius 2 is 2.16 bits per heavy atom. The summed E-state index contributed by atoms with van der Waals surface area (Å²) in [4.78, 5) is 4.16. The molecule has 2 rings (SSSR count). The van der Waals surface area contributed by atoms with Crippen molar-refractivity contribution in [2.24, 2.45) is 10.7 Å². The maximum absolute atomic E-state index is 14.0. The molecule has 102 valence electrons. The van der Waals surface area contributed by atoms with Gasteiger partial charge in [0.25, 0.3) is 6.02 Å². The van der Waals surface area contributed by atoms with Gasteiger partial charge in [-0.05, 0) is 31.2 Å². The Morgan fingerprint density at radius 3 is 2.84 bits per heavy atom. The van der Waals surface area contributed by atoms with Gasteiger partial charge in [0.15, 0.2) is 0 Å². The molecule has 0 radical (unpaired) electrons. The minimum absolute atomic E-state index is 0.0288. The molecule has 6 heteroatoms. The zero-order valence-corrected chi connectivity index (χ0v) is 10.8. The lowest BCUT2D eigenvalue weighted by Gasteiger charge is -2.28. The smallest absolute Gasteiger partial charge is 0.288 e. The van der Waals surface area contributed by atoms with Crippen LogP contribution in [0.5, 0.6) is 0 Å². The number of anilines is 1. The normalized spacial score (nSPS) is 22.5. The summed E-state index contributed by atoms with van der Waals surface area (Å²) in [5.41, 5.74) is 11.2. The van der Waals surface area contributed by atoms with Crippen LogP contribution in [0, 0.1) is 5.82 Å². The first-order valence-corrected chi connectivity index (χ1v) is 5.74. The van der Waals surface area contributed by atoms with Gasteiger partial charge in [-0.2, -0.15) is 0 Å². The predicted octanol–water partition coefficient (Wildman–Crippen LogP) is 1.50. The number of ether oxygens (including phenoxy) is 2. The van der Waals surface area contributed by atoms with E-state index in [2.05, 4.69) is 4.99 Å². The number of nitrogens with zero attached hydrogens (tertiary/aromatic N) is 1. The molecule has 5 nitrogen and oxygen atoms in total. The molecule has 0 aromatic heterocycles. The van der Waals surface area contributed by atoms with Crippen LogP contribution in [0.1, 0.15) is 12.5 Å². The van der Waals surface area contributed by atoms with Crippen molar-refractivity contribution in [1.29, 1.82) is 0 Å². The average molecular weight is 265 g/mol. The Morgan fingerprint density at radius 1 is 1.42 bits per heavy atom. The van der Waals surface area contributed by atoms with Crippen LogP contribution in [-0.2, 0) is 15.0 Å². The molecule has 0 fully saturated rings. The summed E-state index contributed by atoms with van der Waals surface area (Å²) in [5.74, 6) is 0.0856. The second-order valence-corrected chi connectivity index (χ2v) is 4.48. The quantitative estimate of drug-likeness (QED) is 0.811. The Bertz CT molecular complexity index is 557. The van der Waals surface area contributed by atoms with Gasteiger partial charge in [-0.1, -0.05) is 0 Å². The number of benzene rings is 1. The Labute approximate surface area is 110 Å². The summed E-state index contributed by atoms with van der Waals surface area (Å²) in [5, 5.41) is 0. The fraction of sp³-hybridized carbons (Fsp3) is 0.308. The number of nitrogen functional groups attached to an aromatic ring is 1. The van der Waals surface area contributed by atoms with Crippen LogP contribution in [0.2, 0.25) is 0 Å². The van der Waals surface area contributed by atoms with Crippen molar-refractivity contribution in [3.05, 3.63) is 41.4 Å². The highest BCUT2D eigenvalue weighted by Crippen LogP contribution is 2.34. The van der Waals surface area contributed by atoms with Crippen molar-refractivity contribution in [1.82, 2.24) is 0 Å². The van der Waals surface area contributed by atoms with Crippen LogP contribution >= 0.6 is 0 Å². The Kier molecular flexibility index (Phi) is 3.44. The van der Waals surface area contributed by atoms with E-state index in [0.717, 1.165) is 0 Å². The first-order valence-electron chi connectivity index (χ1n) is 5.74. The predicted molar refractivity (Wildman–Crippen MR) is 70.8 cm³/mol. The van der Waals surface area contributed by atoms with E-state index in [9.17, 15) is 4.39 Å². The fourth-order valence-corrected chi connectivity index (χ4v) is 2.04. The van der Waals surface area contributed by atoms with E-state index < -0.39 is 11.4 Å². The lowest BCUT2D eigenvalue weighted by molar-refractivity contribution is 0.179. The molecule has 1 atom stereocenters. The monoisotopic (exact) mass is 265 g/mol. The summed E-state index contributed by atoms with van der Waals surface area (Å²) in [6.07, 6.45) is 1.67. The molecule has 0 unspecified atom stereocenters. The molecule has 0 aliphatic carbocycles. The topological polar surface area (TPSA) is 82.9 Å². The van der Waals surface area contributed by atoms with Gasteiger partial charge in [0.05, 0.1) is 0 Å². The molecule has 1 heterocycles. The zero-order chi connectivity index (χ0) is 14.0. The van der Waals surface area contributed by atoms with Crippen molar-refractivity contribution in [3.63, 3.8) is 0 Å². The van der Waals surface area contributed by atoms with Crippen LogP contribution in [0.3, 0.4) is 0 Å². The van der Waals surface area contributed by atoms with E-state index in [4.69, 9.17) is 20.9 Å².